The highest BCUT2D eigenvalue weighted by atomic mass is 16.2. The maximum absolute atomic E-state index is 11.4. The van der Waals surface area contributed by atoms with Crippen LogP contribution in [0.1, 0.15) is 37.9 Å². The number of nitrogens with one attached hydrogen (secondary N) is 1. The molecule has 1 aromatic rings. The van der Waals surface area contributed by atoms with Crippen molar-refractivity contribution in [2.75, 3.05) is 0 Å². The van der Waals surface area contributed by atoms with Gasteiger partial charge in [0.25, 0.3) is 0 Å². The Labute approximate surface area is 97.0 Å². The molecular formula is C13H20N2O. The smallest absolute Gasteiger partial charge is 0.237 e. The molecule has 88 valence electrons. The fourth-order valence-corrected chi connectivity index (χ4v) is 1.47. The summed E-state index contributed by atoms with van der Waals surface area (Å²) in [6, 6.07) is 7.81. The summed E-state index contributed by atoms with van der Waals surface area (Å²) in [5, 5.41) is 2.87. The maximum atomic E-state index is 11.4. The molecule has 1 amide bonds. The van der Waals surface area contributed by atoms with Gasteiger partial charge in [0.15, 0.2) is 0 Å². The van der Waals surface area contributed by atoms with E-state index < -0.39 is 6.04 Å². The van der Waals surface area contributed by atoms with Crippen LogP contribution >= 0.6 is 0 Å². The number of carbonyl (C=O) groups is 1. The summed E-state index contributed by atoms with van der Waals surface area (Å²) < 4.78 is 0. The lowest BCUT2D eigenvalue weighted by molar-refractivity contribution is -0.122. The van der Waals surface area contributed by atoms with Crippen LogP contribution in [0.2, 0.25) is 0 Å². The Morgan fingerprint density at radius 1 is 1.31 bits per heavy atom. The van der Waals surface area contributed by atoms with Gasteiger partial charge in [-0.25, -0.2) is 0 Å². The zero-order valence-corrected chi connectivity index (χ0v) is 10.2. The zero-order chi connectivity index (χ0) is 12.1. The topological polar surface area (TPSA) is 55.1 Å². The number of aryl methyl sites for hydroxylation is 1. The van der Waals surface area contributed by atoms with Crippen LogP contribution in [0.4, 0.5) is 0 Å². The number of benzene rings is 1. The minimum atomic E-state index is -0.461. The van der Waals surface area contributed by atoms with Crippen molar-refractivity contribution in [3.63, 3.8) is 0 Å². The average Bonchev–Trinajstić information content (AvgIpc) is 2.28. The van der Waals surface area contributed by atoms with Gasteiger partial charge in [0.1, 0.15) is 0 Å². The van der Waals surface area contributed by atoms with E-state index in [9.17, 15) is 4.79 Å². The van der Waals surface area contributed by atoms with Crippen LogP contribution in [0.3, 0.4) is 0 Å². The number of amides is 1. The van der Waals surface area contributed by atoms with E-state index in [1.165, 1.54) is 5.56 Å². The van der Waals surface area contributed by atoms with Crippen molar-refractivity contribution in [2.24, 2.45) is 5.73 Å². The molecule has 0 aromatic heterocycles. The third-order valence-corrected chi connectivity index (χ3v) is 2.66. The molecule has 0 saturated carbocycles. The lowest BCUT2D eigenvalue weighted by atomic mass is 10.0. The van der Waals surface area contributed by atoms with Gasteiger partial charge in [0.05, 0.1) is 12.1 Å². The molecule has 2 unspecified atom stereocenters. The predicted octanol–water partition coefficient (Wildman–Crippen LogP) is 1.77. The van der Waals surface area contributed by atoms with Gasteiger partial charge < -0.3 is 11.1 Å². The predicted molar refractivity (Wildman–Crippen MR) is 66.0 cm³/mol. The van der Waals surface area contributed by atoms with Gasteiger partial charge in [-0.05, 0) is 31.4 Å². The molecule has 1 rings (SSSR count). The molecule has 0 saturated heterocycles. The Bertz CT molecular complexity index is 343. The van der Waals surface area contributed by atoms with E-state index in [1.54, 1.807) is 6.92 Å². The summed E-state index contributed by atoms with van der Waals surface area (Å²) in [6.45, 7) is 5.76. The van der Waals surface area contributed by atoms with Crippen LogP contribution in [-0.2, 0) is 11.2 Å². The second-order valence-corrected chi connectivity index (χ2v) is 4.11. The Morgan fingerprint density at radius 2 is 1.88 bits per heavy atom. The fourth-order valence-electron chi connectivity index (χ4n) is 1.47. The molecule has 0 aliphatic rings. The van der Waals surface area contributed by atoms with Crippen molar-refractivity contribution in [1.82, 2.24) is 5.32 Å². The van der Waals surface area contributed by atoms with Crippen molar-refractivity contribution in [1.29, 1.82) is 0 Å². The van der Waals surface area contributed by atoms with Crippen molar-refractivity contribution in [3.8, 4) is 0 Å². The quantitative estimate of drug-likeness (QED) is 0.812. The first-order chi connectivity index (χ1) is 7.54. The van der Waals surface area contributed by atoms with Gasteiger partial charge in [0.2, 0.25) is 5.91 Å². The zero-order valence-electron chi connectivity index (χ0n) is 10.2. The summed E-state index contributed by atoms with van der Waals surface area (Å²) in [6.07, 6.45) is 1.03. The molecule has 0 heterocycles. The highest BCUT2D eigenvalue weighted by molar-refractivity contribution is 5.81. The van der Waals surface area contributed by atoms with Gasteiger partial charge in [-0.15, -0.1) is 0 Å². The SMILES string of the molecule is CCc1ccc(C(C)NC(=O)C(C)N)cc1. The number of hydrogen-bond donors (Lipinski definition) is 2. The minimum absolute atomic E-state index is 0.00408. The van der Waals surface area contributed by atoms with Gasteiger partial charge >= 0.3 is 0 Å². The van der Waals surface area contributed by atoms with Crippen molar-refractivity contribution in [2.45, 2.75) is 39.3 Å². The van der Waals surface area contributed by atoms with Crippen LogP contribution < -0.4 is 11.1 Å². The van der Waals surface area contributed by atoms with Crippen LogP contribution in [0.5, 0.6) is 0 Å². The standard InChI is InChI=1S/C13H20N2O/c1-4-11-5-7-12(8-6-11)10(3)15-13(16)9(2)14/h5-10H,4,14H2,1-3H3,(H,15,16). The van der Waals surface area contributed by atoms with Crippen LogP contribution in [0, 0.1) is 0 Å². The normalized spacial score (nSPS) is 14.2. The first-order valence-corrected chi connectivity index (χ1v) is 5.69. The van der Waals surface area contributed by atoms with E-state index >= 15 is 0 Å². The van der Waals surface area contributed by atoms with E-state index in [0.29, 0.717) is 0 Å². The Balaban J connectivity index is 2.65. The van der Waals surface area contributed by atoms with Crippen molar-refractivity contribution < 1.29 is 4.79 Å². The molecule has 1 aromatic carbocycles. The van der Waals surface area contributed by atoms with Gasteiger partial charge in [-0.3, -0.25) is 4.79 Å². The summed E-state index contributed by atoms with van der Waals surface area (Å²) >= 11 is 0. The lowest BCUT2D eigenvalue weighted by Crippen LogP contribution is -2.39. The van der Waals surface area contributed by atoms with E-state index in [2.05, 4.69) is 24.4 Å². The third kappa shape index (κ3) is 3.35. The molecular weight excluding hydrogens is 200 g/mol. The summed E-state index contributed by atoms with van der Waals surface area (Å²) in [4.78, 5) is 11.4. The highest BCUT2D eigenvalue weighted by Crippen LogP contribution is 2.13. The van der Waals surface area contributed by atoms with Crippen LogP contribution in [-0.4, -0.2) is 11.9 Å². The highest BCUT2D eigenvalue weighted by Gasteiger charge is 2.12. The van der Waals surface area contributed by atoms with Crippen LogP contribution in [0.25, 0.3) is 0 Å². The summed E-state index contributed by atoms with van der Waals surface area (Å²) in [5.41, 5.74) is 7.90. The molecule has 3 nitrogen and oxygen atoms in total. The monoisotopic (exact) mass is 220 g/mol. The second-order valence-electron chi connectivity index (χ2n) is 4.11. The first kappa shape index (κ1) is 12.7. The summed E-state index contributed by atoms with van der Waals surface area (Å²) in [5.74, 6) is -0.118. The van der Waals surface area contributed by atoms with Crippen molar-refractivity contribution >= 4 is 5.91 Å². The molecule has 0 aliphatic carbocycles. The molecule has 2 atom stereocenters. The van der Waals surface area contributed by atoms with Gasteiger partial charge in [-0.2, -0.15) is 0 Å². The first-order valence-electron chi connectivity index (χ1n) is 5.69. The number of rotatable bonds is 4. The van der Waals surface area contributed by atoms with Gasteiger partial charge in [-0.1, -0.05) is 31.2 Å². The number of carbonyl (C=O) groups excluding carboxylic acids is 1. The van der Waals surface area contributed by atoms with Gasteiger partial charge in [0, 0.05) is 0 Å². The fraction of sp³-hybridized carbons (Fsp3) is 0.462. The summed E-state index contributed by atoms with van der Waals surface area (Å²) in [7, 11) is 0. The number of nitrogens with two attached hydrogens (primary N) is 1. The molecule has 16 heavy (non-hydrogen) atoms. The second kappa shape index (κ2) is 5.66. The molecule has 0 fully saturated rings. The van der Waals surface area contributed by atoms with E-state index in [-0.39, 0.29) is 11.9 Å². The molecule has 3 N–H and O–H groups in total. The maximum Gasteiger partial charge on any atom is 0.237 e. The molecule has 0 aliphatic heterocycles. The molecule has 0 spiro atoms. The largest absolute Gasteiger partial charge is 0.348 e. The van der Waals surface area contributed by atoms with E-state index in [1.807, 2.05) is 19.1 Å². The lowest BCUT2D eigenvalue weighted by Gasteiger charge is -2.16. The Morgan fingerprint density at radius 3 is 2.31 bits per heavy atom. The van der Waals surface area contributed by atoms with Crippen molar-refractivity contribution in [3.05, 3.63) is 35.4 Å². The molecule has 3 heteroatoms. The Hall–Kier alpha value is -1.35. The Kier molecular flexibility index (Phi) is 4.50. The third-order valence-electron chi connectivity index (χ3n) is 2.66. The number of hydrogen-bond acceptors (Lipinski definition) is 2. The van der Waals surface area contributed by atoms with E-state index in [4.69, 9.17) is 5.73 Å². The molecule has 0 radical (unpaired) electrons. The van der Waals surface area contributed by atoms with Crippen LogP contribution in [0.15, 0.2) is 24.3 Å². The minimum Gasteiger partial charge on any atom is -0.348 e. The van der Waals surface area contributed by atoms with E-state index in [0.717, 1.165) is 12.0 Å². The molecule has 0 bridgehead atoms. The average molecular weight is 220 g/mol.